The smallest absolute Gasteiger partial charge is 0.255 e. The van der Waals surface area contributed by atoms with E-state index in [0.29, 0.717) is 12.0 Å². The minimum atomic E-state index is -0.178. The SMILES string of the molecule is Cc1ccc2nc(-c3ccc(NC(=O)c4ccc(N5CCCC5=O)cc4)cc3)sc2c1. The van der Waals surface area contributed by atoms with Crippen molar-refractivity contribution in [1.82, 2.24) is 4.98 Å². The van der Waals surface area contributed by atoms with Crippen LogP contribution >= 0.6 is 11.3 Å². The third-order valence-electron chi connectivity index (χ3n) is 5.45. The maximum absolute atomic E-state index is 12.6. The normalized spacial score (nSPS) is 13.7. The van der Waals surface area contributed by atoms with E-state index in [-0.39, 0.29) is 11.8 Å². The summed E-state index contributed by atoms with van der Waals surface area (Å²) in [6, 6.07) is 21.2. The van der Waals surface area contributed by atoms with Crippen LogP contribution in [-0.4, -0.2) is 23.3 Å². The van der Waals surface area contributed by atoms with E-state index >= 15 is 0 Å². The molecule has 0 atom stereocenters. The van der Waals surface area contributed by atoms with Crippen LogP contribution in [0.2, 0.25) is 0 Å². The van der Waals surface area contributed by atoms with Crippen molar-refractivity contribution in [2.75, 3.05) is 16.8 Å². The van der Waals surface area contributed by atoms with E-state index in [1.165, 1.54) is 10.3 Å². The highest BCUT2D eigenvalue weighted by atomic mass is 32.1. The lowest BCUT2D eigenvalue weighted by Crippen LogP contribution is -2.23. The number of thiazole rings is 1. The zero-order valence-electron chi connectivity index (χ0n) is 17.1. The molecule has 1 aromatic heterocycles. The van der Waals surface area contributed by atoms with Gasteiger partial charge in [0.15, 0.2) is 0 Å². The lowest BCUT2D eigenvalue weighted by molar-refractivity contribution is -0.117. The van der Waals surface area contributed by atoms with Crippen LogP contribution in [0.4, 0.5) is 11.4 Å². The van der Waals surface area contributed by atoms with Crippen molar-refractivity contribution in [3.05, 3.63) is 77.9 Å². The molecule has 1 saturated heterocycles. The molecule has 0 radical (unpaired) electrons. The highest BCUT2D eigenvalue weighted by Gasteiger charge is 2.21. The molecule has 2 heterocycles. The first kappa shape index (κ1) is 19.5. The highest BCUT2D eigenvalue weighted by molar-refractivity contribution is 7.21. The molecular formula is C25H21N3O2S. The van der Waals surface area contributed by atoms with Crippen LogP contribution in [0.1, 0.15) is 28.8 Å². The number of aromatic nitrogens is 1. The van der Waals surface area contributed by atoms with Gasteiger partial charge in [-0.25, -0.2) is 4.98 Å². The van der Waals surface area contributed by atoms with Crippen molar-refractivity contribution in [2.24, 2.45) is 0 Å². The summed E-state index contributed by atoms with van der Waals surface area (Å²) in [4.78, 5) is 31.0. The van der Waals surface area contributed by atoms with E-state index in [4.69, 9.17) is 4.98 Å². The second kappa shape index (κ2) is 7.96. The van der Waals surface area contributed by atoms with E-state index in [1.807, 2.05) is 42.5 Å². The lowest BCUT2D eigenvalue weighted by Gasteiger charge is -2.15. The molecule has 0 spiro atoms. The highest BCUT2D eigenvalue weighted by Crippen LogP contribution is 2.31. The zero-order chi connectivity index (χ0) is 21.4. The first-order chi connectivity index (χ1) is 15.1. The predicted molar refractivity (Wildman–Crippen MR) is 126 cm³/mol. The topological polar surface area (TPSA) is 62.3 Å². The molecule has 5 nitrogen and oxygen atoms in total. The van der Waals surface area contributed by atoms with Gasteiger partial charge in [-0.2, -0.15) is 0 Å². The van der Waals surface area contributed by atoms with Crippen molar-refractivity contribution in [2.45, 2.75) is 19.8 Å². The van der Waals surface area contributed by atoms with E-state index < -0.39 is 0 Å². The molecule has 0 aliphatic carbocycles. The van der Waals surface area contributed by atoms with E-state index in [1.54, 1.807) is 28.4 Å². The molecule has 2 amide bonds. The number of anilines is 2. The summed E-state index contributed by atoms with van der Waals surface area (Å²) >= 11 is 1.67. The molecule has 0 unspecified atom stereocenters. The molecule has 6 heteroatoms. The molecule has 4 aromatic rings. The second-order valence-electron chi connectivity index (χ2n) is 7.72. The molecule has 5 rings (SSSR count). The Hall–Kier alpha value is -3.51. The predicted octanol–water partition coefficient (Wildman–Crippen LogP) is 5.65. The number of nitrogens with one attached hydrogen (secondary N) is 1. The summed E-state index contributed by atoms with van der Waals surface area (Å²) in [6.45, 7) is 2.82. The van der Waals surface area contributed by atoms with Crippen molar-refractivity contribution >= 4 is 44.7 Å². The fraction of sp³-hybridized carbons (Fsp3) is 0.160. The average Bonchev–Trinajstić information content (AvgIpc) is 3.40. The minimum absolute atomic E-state index is 0.139. The fourth-order valence-electron chi connectivity index (χ4n) is 3.77. The number of hydrogen-bond acceptors (Lipinski definition) is 4. The molecule has 31 heavy (non-hydrogen) atoms. The Morgan fingerprint density at radius 3 is 2.52 bits per heavy atom. The summed E-state index contributed by atoms with van der Waals surface area (Å²) in [6.07, 6.45) is 1.47. The van der Waals surface area contributed by atoms with Gasteiger partial charge < -0.3 is 10.2 Å². The summed E-state index contributed by atoms with van der Waals surface area (Å²) in [5.74, 6) is -0.0388. The molecule has 1 aliphatic rings. The Morgan fingerprint density at radius 1 is 1.03 bits per heavy atom. The number of benzene rings is 3. The van der Waals surface area contributed by atoms with Gasteiger partial charge in [-0.15, -0.1) is 11.3 Å². The number of nitrogens with zero attached hydrogens (tertiary/aromatic N) is 2. The van der Waals surface area contributed by atoms with E-state index in [0.717, 1.165) is 40.4 Å². The van der Waals surface area contributed by atoms with Crippen molar-refractivity contribution in [3.63, 3.8) is 0 Å². The molecule has 154 valence electrons. The third-order valence-corrected chi connectivity index (χ3v) is 6.52. The maximum atomic E-state index is 12.6. The second-order valence-corrected chi connectivity index (χ2v) is 8.75. The van der Waals surface area contributed by atoms with Crippen LogP contribution in [0.25, 0.3) is 20.8 Å². The molecule has 1 aliphatic heterocycles. The Bertz CT molecular complexity index is 1280. The van der Waals surface area contributed by atoms with Crippen LogP contribution < -0.4 is 10.2 Å². The van der Waals surface area contributed by atoms with Gasteiger partial charge in [0, 0.05) is 35.5 Å². The number of aryl methyl sites for hydroxylation is 1. The number of carbonyl (C=O) groups excluding carboxylic acids is 2. The minimum Gasteiger partial charge on any atom is -0.322 e. The molecule has 3 aromatic carbocycles. The molecular weight excluding hydrogens is 406 g/mol. The Balaban J connectivity index is 1.28. The van der Waals surface area contributed by atoms with Gasteiger partial charge in [0.2, 0.25) is 5.91 Å². The van der Waals surface area contributed by atoms with Gasteiger partial charge in [0.1, 0.15) is 5.01 Å². The zero-order valence-corrected chi connectivity index (χ0v) is 17.9. The molecule has 1 fully saturated rings. The van der Waals surface area contributed by atoms with Crippen LogP contribution in [0.5, 0.6) is 0 Å². The molecule has 1 N–H and O–H groups in total. The summed E-state index contributed by atoms with van der Waals surface area (Å²) < 4.78 is 1.17. The Morgan fingerprint density at radius 2 is 1.81 bits per heavy atom. The Labute approximate surface area is 184 Å². The van der Waals surface area contributed by atoms with Crippen molar-refractivity contribution < 1.29 is 9.59 Å². The first-order valence-corrected chi connectivity index (χ1v) is 11.1. The molecule has 0 bridgehead atoms. The lowest BCUT2D eigenvalue weighted by atomic mass is 10.1. The van der Waals surface area contributed by atoms with Crippen LogP contribution in [0, 0.1) is 6.92 Å². The number of fused-ring (bicyclic) bond motifs is 1. The van der Waals surface area contributed by atoms with E-state index in [9.17, 15) is 9.59 Å². The van der Waals surface area contributed by atoms with Gasteiger partial charge >= 0.3 is 0 Å². The van der Waals surface area contributed by atoms with Gasteiger partial charge in [-0.3, -0.25) is 9.59 Å². The summed E-state index contributed by atoms with van der Waals surface area (Å²) in [5.41, 5.74) is 5.37. The van der Waals surface area contributed by atoms with Gasteiger partial charge in [0.05, 0.1) is 10.2 Å². The largest absolute Gasteiger partial charge is 0.322 e. The van der Waals surface area contributed by atoms with Crippen molar-refractivity contribution in [3.8, 4) is 10.6 Å². The van der Waals surface area contributed by atoms with Crippen LogP contribution in [-0.2, 0) is 4.79 Å². The monoisotopic (exact) mass is 427 g/mol. The summed E-state index contributed by atoms with van der Waals surface area (Å²) in [7, 11) is 0. The van der Waals surface area contributed by atoms with Crippen LogP contribution in [0.3, 0.4) is 0 Å². The van der Waals surface area contributed by atoms with E-state index in [2.05, 4.69) is 24.4 Å². The molecule has 0 saturated carbocycles. The number of hydrogen-bond donors (Lipinski definition) is 1. The van der Waals surface area contributed by atoms with Gasteiger partial charge in [0.25, 0.3) is 5.91 Å². The Kier molecular flexibility index (Phi) is 5.00. The average molecular weight is 428 g/mol. The number of amides is 2. The van der Waals surface area contributed by atoms with Crippen molar-refractivity contribution in [1.29, 1.82) is 0 Å². The van der Waals surface area contributed by atoms with Crippen LogP contribution in [0.15, 0.2) is 66.7 Å². The summed E-state index contributed by atoms with van der Waals surface area (Å²) in [5, 5.41) is 3.90. The first-order valence-electron chi connectivity index (χ1n) is 10.3. The quantitative estimate of drug-likeness (QED) is 0.458. The fourth-order valence-corrected chi connectivity index (χ4v) is 4.84. The van der Waals surface area contributed by atoms with Gasteiger partial charge in [-0.05, 0) is 79.6 Å². The standard InChI is InChI=1S/C25H21N3O2S/c1-16-4-13-21-22(15-16)31-25(27-21)18-5-9-19(10-6-18)26-24(30)17-7-11-20(12-8-17)28-14-2-3-23(28)29/h4-13,15H,2-3,14H2,1H3,(H,26,30). The third kappa shape index (κ3) is 3.94. The number of rotatable bonds is 4. The number of carbonyl (C=O) groups is 2. The maximum Gasteiger partial charge on any atom is 0.255 e. The van der Waals surface area contributed by atoms with Gasteiger partial charge in [-0.1, -0.05) is 6.07 Å².